The van der Waals surface area contributed by atoms with Crippen molar-refractivity contribution in [2.45, 2.75) is 44.5 Å². The van der Waals surface area contributed by atoms with Crippen molar-refractivity contribution >= 4 is 5.78 Å². The van der Waals surface area contributed by atoms with Gasteiger partial charge in [-0.1, -0.05) is 12.2 Å². The third-order valence-corrected chi connectivity index (χ3v) is 2.83. The number of allylic oxidation sites excluding steroid dienone is 1. The van der Waals surface area contributed by atoms with Crippen molar-refractivity contribution in [2.24, 2.45) is 0 Å². The van der Waals surface area contributed by atoms with Crippen molar-refractivity contribution in [3.05, 3.63) is 12.2 Å². The molecule has 1 heterocycles. The van der Waals surface area contributed by atoms with Crippen LogP contribution >= 0.6 is 0 Å². The van der Waals surface area contributed by atoms with Crippen molar-refractivity contribution in [1.29, 1.82) is 0 Å². The van der Waals surface area contributed by atoms with Gasteiger partial charge in [-0.25, -0.2) is 0 Å². The number of rotatable bonds is 0. The largest absolute Gasteiger partial charge is 0.343 e. The van der Waals surface area contributed by atoms with Crippen LogP contribution in [0.1, 0.15) is 33.1 Å². The maximum atomic E-state index is 11.8. The Morgan fingerprint density at radius 2 is 2.14 bits per heavy atom. The summed E-state index contributed by atoms with van der Waals surface area (Å²) in [5, 5.41) is 0. The van der Waals surface area contributed by atoms with Gasteiger partial charge in [0.15, 0.2) is 11.6 Å². The van der Waals surface area contributed by atoms with Gasteiger partial charge in [-0.15, -0.1) is 0 Å². The molecular weight excluding hydrogens is 180 g/mol. The molecule has 1 aliphatic carbocycles. The number of ketones is 1. The third kappa shape index (κ3) is 1.62. The molecule has 1 spiro atoms. The van der Waals surface area contributed by atoms with Crippen molar-refractivity contribution < 1.29 is 14.3 Å². The van der Waals surface area contributed by atoms with Crippen LogP contribution in [-0.2, 0) is 14.3 Å². The van der Waals surface area contributed by atoms with Crippen LogP contribution in [0.2, 0.25) is 0 Å². The smallest absolute Gasteiger partial charge is 0.190 e. The summed E-state index contributed by atoms with van der Waals surface area (Å²) >= 11 is 0. The molecule has 0 aromatic heterocycles. The molecule has 78 valence electrons. The fraction of sp³-hybridized carbons (Fsp3) is 0.727. The number of ether oxygens (including phenoxy) is 2. The Morgan fingerprint density at radius 1 is 1.36 bits per heavy atom. The van der Waals surface area contributed by atoms with Crippen molar-refractivity contribution in [3.63, 3.8) is 0 Å². The van der Waals surface area contributed by atoms with Crippen LogP contribution in [0, 0.1) is 0 Å². The van der Waals surface area contributed by atoms with Gasteiger partial charge >= 0.3 is 0 Å². The second kappa shape index (κ2) is 3.17. The highest BCUT2D eigenvalue weighted by atomic mass is 16.7. The van der Waals surface area contributed by atoms with E-state index in [9.17, 15) is 4.79 Å². The summed E-state index contributed by atoms with van der Waals surface area (Å²) in [4.78, 5) is 11.8. The first kappa shape index (κ1) is 9.87. The summed E-state index contributed by atoms with van der Waals surface area (Å²) in [7, 11) is 0. The van der Waals surface area contributed by atoms with Gasteiger partial charge in [-0.3, -0.25) is 4.79 Å². The van der Waals surface area contributed by atoms with Gasteiger partial charge in [-0.2, -0.15) is 0 Å². The molecule has 0 aromatic carbocycles. The summed E-state index contributed by atoms with van der Waals surface area (Å²) in [5.74, 6) is -0.541. The second-order valence-corrected chi connectivity index (χ2v) is 4.42. The first-order valence-corrected chi connectivity index (χ1v) is 5.07. The third-order valence-electron chi connectivity index (χ3n) is 2.83. The van der Waals surface area contributed by atoms with E-state index >= 15 is 0 Å². The molecule has 1 saturated heterocycles. The van der Waals surface area contributed by atoms with Crippen LogP contribution in [-0.4, -0.2) is 23.8 Å². The second-order valence-electron chi connectivity index (χ2n) is 4.42. The van der Waals surface area contributed by atoms with E-state index in [1.54, 1.807) is 0 Å². The Kier molecular flexibility index (Phi) is 2.24. The average Bonchev–Trinajstić information content (AvgIpc) is 2.13. The molecule has 2 rings (SSSR count). The highest BCUT2D eigenvalue weighted by Crippen LogP contribution is 2.36. The Morgan fingerprint density at radius 3 is 2.79 bits per heavy atom. The Labute approximate surface area is 84.1 Å². The molecule has 1 atom stereocenters. The molecule has 14 heavy (non-hydrogen) atoms. The van der Waals surface area contributed by atoms with Gasteiger partial charge in [0.2, 0.25) is 0 Å². The number of carbonyl (C=O) groups is 1. The van der Waals surface area contributed by atoms with E-state index in [0.717, 1.165) is 12.8 Å². The van der Waals surface area contributed by atoms with Gasteiger partial charge in [0.1, 0.15) is 12.2 Å². The molecule has 0 aromatic rings. The summed E-state index contributed by atoms with van der Waals surface area (Å²) in [5.41, 5.74) is -0.601. The predicted octanol–water partition coefficient (Wildman–Crippen LogP) is 1.82. The van der Waals surface area contributed by atoms with Gasteiger partial charge in [0.05, 0.1) is 0 Å². The summed E-state index contributed by atoms with van der Waals surface area (Å²) in [6.45, 7) is 3.90. The van der Waals surface area contributed by atoms with Crippen LogP contribution in [0.25, 0.3) is 0 Å². The first-order chi connectivity index (χ1) is 6.54. The average molecular weight is 196 g/mol. The zero-order chi connectivity index (χ0) is 10.2. The number of hydrogen-bond donors (Lipinski definition) is 0. The minimum absolute atomic E-state index is 0.0844. The molecule has 2 aliphatic rings. The molecule has 3 heteroatoms. The van der Waals surface area contributed by atoms with Crippen LogP contribution in [0.4, 0.5) is 0 Å². The monoisotopic (exact) mass is 196 g/mol. The Balaban J connectivity index is 2.22. The van der Waals surface area contributed by atoms with E-state index in [1.807, 2.05) is 19.9 Å². The zero-order valence-electron chi connectivity index (χ0n) is 8.71. The minimum Gasteiger partial charge on any atom is -0.343 e. The van der Waals surface area contributed by atoms with E-state index in [0.29, 0.717) is 6.42 Å². The van der Waals surface area contributed by atoms with E-state index in [-0.39, 0.29) is 12.4 Å². The zero-order valence-corrected chi connectivity index (χ0v) is 8.71. The van der Waals surface area contributed by atoms with E-state index < -0.39 is 11.4 Å². The summed E-state index contributed by atoms with van der Waals surface area (Å²) < 4.78 is 11.1. The van der Waals surface area contributed by atoms with Gasteiger partial charge in [-0.05, 0) is 26.7 Å². The van der Waals surface area contributed by atoms with Gasteiger partial charge in [0, 0.05) is 6.42 Å². The molecule has 0 amide bonds. The van der Waals surface area contributed by atoms with Gasteiger partial charge < -0.3 is 9.47 Å². The number of Topliss-reactive ketones (excluding diaryl/α,β-unsaturated/α-hetero) is 1. The normalized spacial score (nSPS) is 36.3. The van der Waals surface area contributed by atoms with Gasteiger partial charge in [0.25, 0.3) is 0 Å². The lowest BCUT2D eigenvalue weighted by molar-refractivity contribution is -0.289. The molecule has 0 bridgehead atoms. The molecule has 0 unspecified atom stereocenters. The SMILES string of the molecule is CC1(C)OCC(=O)[C@]2(CC=CCC2)O1. The maximum absolute atomic E-state index is 11.8. The van der Waals surface area contributed by atoms with E-state index in [1.165, 1.54) is 0 Å². The van der Waals surface area contributed by atoms with E-state index in [2.05, 4.69) is 6.08 Å². The standard InChI is InChI=1S/C11H16O3/c1-10(2)13-8-9(12)11(14-10)6-4-3-5-7-11/h3-4H,5-8H2,1-2H3/t11-/m1/s1. The molecule has 0 N–H and O–H groups in total. The quantitative estimate of drug-likeness (QED) is 0.554. The molecule has 1 aliphatic heterocycles. The molecule has 3 nitrogen and oxygen atoms in total. The summed E-state index contributed by atoms with van der Waals surface area (Å²) in [6, 6.07) is 0. The van der Waals surface area contributed by atoms with Crippen LogP contribution in [0.15, 0.2) is 12.2 Å². The van der Waals surface area contributed by atoms with Crippen molar-refractivity contribution in [2.75, 3.05) is 6.61 Å². The fourth-order valence-corrected chi connectivity index (χ4v) is 2.08. The Bertz CT molecular complexity index is 280. The first-order valence-electron chi connectivity index (χ1n) is 5.07. The molecular formula is C11H16O3. The lowest BCUT2D eigenvalue weighted by Gasteiger charge is -2.44. The molecule has 0 saturated carbocycles. The lowest BCUT2D eigenvalue weighted by atomic mass is 9.84. The maximum Gasteiger partial charge on any atom is 0.190 e. The lowest BCUT2D eigenvalue weighted by Crippen LogP contribution is -2.55. The predicted molar refractivity (Wildman–Crippen MR) is 51.8 cm³/mol. The topological polar surface area (TPSA) is 35.5 Å². The molecule has 0 radical (unpaired) electrons. The fourth-order valence-electron chi connectivity index (χ4n) is 2.08. The number of carbonyl (C=O) groups excluding carboxylic acids is 1. The van der Waals surface area contributed by atoms with Crippen LogP contribution in [0.3, 0.4) is 0 Å². The highest BCUT2D eigenvalue weighted by molar-refractivity contribution is 5.89. The van der Waals surface area contributed by atoms with Crippen molar-refractivity contribution in [3.8, 4) is 0 Å². The van der Waals surface area contributed by atoms with Crippen LogP contribution < -0.4 is 0 Å². The summed E-state index contributed by atoms with van der Waals surface area (Å²) in [6.07, 6.45) is 6.53. The Hall–Kier alpha value is -0.670. The number of hydrogen-bond acceptors (Lipinski definition) is 3. The van der Waals surface area contributed by atoms with E-state index in [4.69, 9.17) is 9.47 Å². The minimum atomic E-state index is -0.626. The highest BCUT2D eigenvalue weighted by Gasteiger charge is 2.47. The van der Waals surface area contributed by atoms with Crippen LogP contribution in [0.5, 0.6) is 0 Å². The molecule has 1 fully saturated rings. The van der Waals surface area contributed by atoms with Crippen molar-refractivity contribution in [1.82, 2.24) is 0 Å².